The number of anilines is 2. The summed E-state index contributed by atoms with van der Waals surface area (Å²) in [6.45, 7) is 1.48. The summed E-state index contributed by atoms with van der Waals surface area (Å²) < 4.78 is 33.0. The van der Waals surface area contributed by atoms with Gasteiger partial charge < -0.3 is 9.73 Å². The zero-order valence-electron chi connectivity index (χ0n) is 18.5. The standard InChI is InChI=1S/C24H20N4O5S2/c1-16(29)17-7-11-19(12-8-17)25-22(30)15-34-24-27-26-23(33-24)18-9-13-20(14-10-18)28-35(31,32)21-5-3-2-4-6-21/h2-14,28H,15H2,1H3,(H,25,30). The van der Waals surface area contributed by atoms with Gasteiger partial charge in [-0.25, -0.2) is 8.42 Å². The number of hydrogen-bond acceptors (Lipinski definition) is 8. The quantitative estimate of drug-likeness (QED) is 0.250. The Kier molecular flexibility index (Phi) is 7.28. The summed E-state index contributed by atoms with van der Waals surface area (Å²) >= 11 is 1.08. The molecule has 2 N–H and O–H groups in total. The van der Waals surface area contributed by atoms with E-state index in [0.717, 1.165) is 11.8 Å². The number of carbonyl (C=O) groups excluding carboxylic acids is 2. The van der Waals surface area contributed by atoms with Gasteiger partial charge >= 0.3 is 0 Å². The number of carbonyl (C=O) groups is 2. The topological polar surface area (TPSA) is 131 Å². The van der Waals surface area contributed by atoms with Crippen LogP contribution in [0.25, 0.3) is 11.5 Å². The molecule has 0 saturated carbocycles. The molecule has 3 aromatic carbocycles. The van der Waals surface area contributed by atoms with E-state index in [-0.39, 0.29) is 33.5 Å². The molecule has 0 atom stereocenters. The molecule has 4 aromatic rings. The monoisotopic (exact) mass is 508 g/mol. The van der Waals surface area contributed by atoms with Crippen molar-refractivity contribution >= 4 is 44.9 Å². The van der Waals surface area contributed by atoms with Crippen LogP contribution in [0.3, 0.4) is 0 Å². The number of hydrogen-bond donors (Lipinski definition) is 2. The van der Waals surface area contributed by atoms with Crippen LogP contribution in [0.4, 0.5) is 11.4 Å². The zero-order chi connectivity index (χ0) is 24.8. The number of amides is 1. The minimum Gasteiger partial charge on any atom is -0.411 e. The molecule has 1 aromatic heterocycles. The van der Waals surface area contributed by atoms with Crippen molar-refractivity contribution in [3.8, 4) is 11.5 Å². The van der Waals surface area contributed by atoms with Gasteiger partial charge in [0.2, 0.25) is 11.8 Å². The highest BCUT2D eigenvalue weighted by Crippen LogP contribution is 2.25. The van der Waals surface area contributed by atoms with Crippen LogP contribution < -0.4 is 10.0 Å². The molecule has 0 aliphatic heterocycles. The van der Waals surface area contributed by atoms with Crippen molar-refractivity contribution in [1.29, 1.82) is 0 Å². The Balaban J connectivity index is 1.32. The van der Waals surface area contributed by atoms with Crippen LogP contribution in [-0.4, -0.2) is 36.1 Å². The van der Waals surface area contributed by atoms with Crippen LogP contribution in [0.15, 0.2) is 93.4 Å². The van der Waals surface area contributed by atoms with Crippen LogP contribution in [0.5, 0.6) is 0 Å². The number of ketones is 1. The average Bonchev–Trinajstić information content (AvgIpc) is 3.33. The first-order chi connectivity index (χ1) is 16.8. The van der Waals surface area contributed by atoms with Gasteiger partial charge in [-0.1, -0.05) is 30.0 Å². The Morgan fingerprint density at radius 1 is 0.886 bits per heavy atom. The molecule has 4 rings (SSSR count). The van der Waals surface area contributed by atoms with Crippen molar-refractivity contribution in [2.24, 2.45) is 0 Å². The first-order valence-electron chi connectivity index (χ1n) is 10.4. The Labute approximate surface area is 206 Å². The van der Waals surface area contributed by atoms with Gasteiger partial charge in [0.25, 0.3) is 15.2 Å². The molecule has 178 valence electrons. The van der Waals surface area contributed by atoms with E-state index in [0.29, 0.717) is 22.5 Å². The van der Waals surface area contributed by atoms with Gasteiger partial charge in [-0.3, -0.25) is 14.3 Å². The van der Waals surface area contributed by atoms with Gasteiger partial charge in [-0.2, -0.15) is 0 Å². The van der Waals surface area contributed by atoms with Crippen LogP contribution in [0, 0.1) is 0 Å². The average molecular weight is 509 g/mol. The number of rotatable bonds is 9. The molecule has 0 aliphatic rings. The third-order valence-corrected chi connectivity index (χ3v) is 6.96. The first kappa shape index (κ1) is 24.2. The fourth-order valence-electron chi connectivity index (χ4n) is 2.99. The summed E-state index contributed by atoms with van der Waals surface area (Å²) in [4.78, 5) is 23.7. The number of thioether (sulfide) groups is 1. The normalized spacial score (nSPS) is 11.1. The van der Waals surface area contributed by atoms with Crippen molar-refractivity contribution in [3.63, 3.8) is 0 Å². The Bertz CT molecular complexity index is 1440. The second-order valence-corrected chi connectivity index (χ2v) is 9.95. The van der Waals surface area contributed by atoms with Gasteiger partial charge in [0.05, 0.1) is 10.6 Å². The maximum atomic E-state index is 12.4. The highest BCUT2D eigenvalue weighted by Gasteiger charge is 2.15. The lowest BCUT2D eigenvalue weighted by Gasteiger charge is -2.08. The van der Waals surface area contributed by atoms with Crippen LogP contribution >= 0.6 is 11.8 Å². The number of nitrogens with zero attached hydrogens (tertiary/aromatic N) is 2. The Hall–Kier alpha value is -3.96. The molecule has 0 bridgehead atoms. The van der Waals surface area contributed by atoms with Crippen molar-refractivity contribution in [2.75, 3.05) is 15.8 Å². The van der Waals surface area contributed by atoms with E-state index in [4.69, 9.17) is 4.42 Å². The molecule has 0 spiro atoms. The van der Waals surface area contributed by atoms with E-state index in [1.807, 2.05) is 0 Å². The molecular formula is C24H20N4O5S2. The summed E-state index contributed by atoms with van der Waals surface area (Å²) in [5.41, 5.74) is 2.13. The van der Waals surface area contributed by atoms with E-state index in [2.05, 4.69) is 20.2 Å². The van der Waals surface area contributed by atoms with E-state index in [9.17, 15) is 18.0 Å². The molecular weight excluding hydrogens is 488 g/mol. The maximum Gasteiger partial charge on any atom is 0.277 e. The van der Waals surface area contributed by atoms with E-state index >= 15 is 0 Å². The number of aromatic nitrogens is 2. The molecule has 1 amide bonds. The molecule has 0 radical (unpaired) electrons. The zero-order valence-corrected chi connectivity index (χ0v) is 20.1. The second-order valence-electron chi connectivity index (χ2n) is 7.34. The predicted octanol–water partition coefficient (Wildman–Crippen LogP) is 4.47. The third kappa shape index (κ3) is 6.34. The maximum absolute atomic E-state index is 12.4. The summed E-state index contributed by atoms with van der Waals surface area (Å²) in [6, 6.07) is 21.2. The fourth-order valence-corrected chi connectivity index (χ4v) is 4.63. The lowest BCUT2D eigenvalue weighted by Crippen LogP contribution is -2.14. The summed E-state index contributed by atoms with van der Waals surface area (Å²) in [7, 11) is -3.69. The first-order valence-corrected chi connectivity index (χ1v) is 12.8. The Morgan fingerprint density at radius 3 is 2.20 bits per heavy atom. The second kappa shape index (κ2) is 10.5. The lowest BCUT2D eigenvalue weighted by molar-refractivity contribution is -0.113. The molecule has 0 fully saturated rings. The third-order valence-electron chi connectivity index (χ3n) is 4.75. The molecule has 11 heteroatoms. The van der Waals surface area contributed by atoms with Crippen molar-refractivity contribution in [1.82, 2.24) is 10.2 Å². The van der Waals surface area contributed by atoms with Crippen LogP contribution in [0.1, 0.15) is 17.3 Å². The van der Waals surface area contributed by atoms with Crippen molar-refractivity contribution < 1.29 is 22.4 Å². The summed E-state index contributed by atoms with van der Waals surface area (Å²) in [5, 5.41) is 10.9. The molecule has 0 saturated heterocycles. The number of sulfonamides is 1. The van der Waals surface area contributed by atoms with Gasteiger partial charge in [-0.05, 0) is 67.6 Å². The molecule has 35 heavy (non-hydrogen) atoms. The number of nitrogens with one attached hydrogen (secondary N) is 2. The SMILES string of the molecule is CC(=O)c1ccc(NC(=O)CSc2nnc(-c3ccc(NS(=O)(=O)c4ccccc4)cc3)o2)cc1. The highest BCUT2D eigenvalue weighted by molar-refractivity contribution is 7.99. The largest absolute Gasteiger partial charge is 0.411 e. The van der Waals surface area contributed by atoms with Gasteiger partial charge in [-0.15, -0.1) is 10.2 Å². The predicted molar refractivity (Wildman–Crippen MR) is 133 cm³/mol. The molecule has 1 heterocycles. The smallest absolute Gasteiger partial charge is 0.277 e. The van der Waals surface area contributed by atoms with Gasteiger partial charge in [0.15, 0.2) is 5.78 Å². The molecule has 0 aliphatic carbocycles. The van der Waals surface area contributed by atoms with Crippen LogP contribution in [-0.2, 0) is 14.8 Å². The fraction of sp³-hybridized carbons (Fsp3) is 0.0833. The van der Waals surface area contributed by atoms with Crippen molar-refractivity contribution in [3.05, 3.63) is 84.4 Å². The van der Waals surface area contributed by atoms with Gasteiger partial charge in [0.1, 0.15) is 0 Å². The van der Waals surface area contributed by atoms with E-state index < -0.39 is 10.0 Å². The lowest BCUT2D eigenvalue weighted by atomic mass is 10.1. The number of Topliss-reactive ketones (excluding diaryl/α,β-unsaturated/α-hetero) is 1. The summed E-state index contributed by atoms with van der Waals surface area (Å²) in [6.07, 6.45) is 0. The summed E-state index contributed by atoms with van der Waals surface area (Å²) in [5.74, 6) is -0.0182. The van der Waals surface area contributed by atoms with Gasteiger partial charge in [0, 0.05) is 22.5 Å². The highest BCUT2D eigenvalue weighted by atomic mass is 32.2. The van der Waals surface area contributed by atoms with Crippen LogP contribution in [0.2, 0.25) is 0 Å². The van der Waals surface area contributed by atoms with E-state index in [1.54, 1.807) is 66.7 Å². The minimum absolute atomic E-state index is 0.0475. The van der Waals surface area contributed by atoms with Crippen molar-refractivity contribution in [2.45, 2.75) is 17.0 Å². The van der Waals surface area contributed by atoms with E-state index in [1.165, 1.54) is 19.1 Å². The number of benzene rings is 3. The molecule has 9 nitrogen and oxygen atoms in total. The Morgan fingerprint density at radius 2 is 1.54 bits per heavy atom. The minimum atomic E-state index is -3.69. The molecule has 0 unspecified atom stereocenters.